The van der Waals surface area contributed by atoms with Crippen molar-refractivity contribution in [3.8, 4) is 0 Å². The molecule has 102 valence electrons. The predicted octanol–water partition coefficient (Wildman–Crippen LogP) is 0.618. The number of sulfonamides is 1. The molecule has 0 radical (unpaired) electrons. The Morgan fingerprint density at radius 1 is 1.56 bits per heavy atom. The molecule has 1 saturated heterocycles. The zero-order chi connectivity index (χ0) is 13.4. The monoisotopic (exact) mass is 275 g/mol. The molecule has 0 aliphatic carbocycles. The van der Waals surface area contributed by atoms with Crippen molar-refractivity contribution in [2.45, 2.75) is 43.6 Å². The Morgan fingerprint density at radius 2 is 2.28 bits per heavy atom. The van der Waals surface area contributed by atoms with E-state index in [4.69, 9.17) is 14.3 Å². The van der Waals surface area contributed by atoms with Crippen molar-refractivity contribution in [1.82, 2.24) is 4.72 Å². The molecule has 0 bridgehead atoms. The second kappa shape index (κ2) is 4.65. The normalized spacial score (nSPS) is 28.7. The van der Waals surface area contributed by atoms with Gasteiger partial charge in [0.05, 0.1) is 11.6 Å². The number of nitrogens with one attached hydrogen (secondary N) is 1. The van der Waals surface area contributed by atoms with E-state index in [0.29, 0.717) is 13.0 Å². The van der Waals surface area contributed by atoms with Gasteiger partial charge in [-0.2, -0.15) is 4.72 Å². The van der Waals surface area contributed by atoms with Crippen molar-refractivity contribution in [2.75, 3.05) is 6.61 Å². The van der Waals surface area contributed by atoms with Crippen LogP contribution in [0.1, 0.15) is 26.0 Å². The van der Waals surface area contributed by atoms with Crippen molar-refractivity contribution in [1.29, 1.82) is 0 Å². The van der Waals surface area contributed by atoms with Crippen molar-refractivity contribution in [2.24, 2.45) is 0 Å². The molecule has 2 unspecified atom stereocenters. The first-order valence-corrected chi connectivity index (χ1v) is 7.21. The van der Waals surface area contributed by atoms with Gasteiger partial charge in [-0.1, -0.05) is 0 Å². The quantitative estimate of drug-likeness (QED) is 0.840. The molecular formula is C11H17NO5S. The molecule has 1 aliphatic heterocycles. The smallest absolute Gasteiger partial charge is 0.274 e. The van der Waals surface area contributed by atoms with Crippen LogP contribution in [0.3, 0.4) is 0 Å². The molecule has 0 amide bonds. The summed E-state index contributed by atoms with van der Waals surface area (Å²) in [4.78, 5) is 0. The Balaban J connectivity index is 2.22. The fourth-order valence-electron chi connectivity index (χ4n) is 1.91. The summed E-state index contributed by atoms with van der Waals surface area (Å²) in [6, 6.07) is 2.77. The molecule has 1 aromatic rings. The summed E-state index contributed by atoms with van der Waals surface area (Å²) in [5.41, 5.74) is -0.634. The predicted molar refractivity (Wildman–Crippen MR) is 63.4 cm³/mol. The first-order valence-electron chi connectivity index (χ1n) is 5.72. The molecule has 0 aromatic carbocycles. The van der Waals surface area contributed by atoms with Crippen LogP contribution in [0.4, 0.5) is 0 Å². The largest absolute Gasteiger partial charge is 0.446 e. The van der Waals surface area contributed by atoms with Gasteiger partial charge in [-0.25, -0.2) is 8.42 Å². The Kier molecular flexibility index (Phi) is 3.50. The zero-order valence-electron chi connectivity index (χ0n) is 10.3. The maximum atomic E-state index is 12.1. The minimum Gasteiger partial charge on any atom is -0.446 e. The molecule has 6 nitrogen and oxygen atoms in total. The lowest BCUT2D eigenvalue weighted by molar-refractivity contribution is 0.0955. The topological polar surface area (TPSA) is 88.8 Å². The van der Waals surface area contributed by atoms with Gasteiger partial charge in [-0.15, -0.1) is 0 Å². The summed E-state index contributed by atoms with van der Waals surface area (Å²) in [6.45, 7) is 3.83. The van der Waals surface area contributed by atoms with Crippen LogP contribution in [0.25, 0.3) is 0 Å². The molecule has 18 heavy (non-hydrogen) atoms. The Labute approximate surface area is 106 Å². The van der Waals surface area contributed by atoms with Crippen molar-refractivity contribution < 1.29 is 22.7 Å². The fourth-order valence-corrected chi connectivity index (χ4v) is 3.36. The minimum absolute atomic E-state index is 0.188. The van der Waals surface area contributed by atoms with Crippen LogP contribution in [0.15, 0.2) is 21.6 Å². The molecule has 1 aromatic heterocycles. The molecule has 7 heteroatoms. The highest BCUT2D eigenvalue weighted by Gasteiger charge is 2.41. The maximum Gasteiger partial charge on any atom is 0.274 e. The lowest BCUT2D eigenvalue weighted by Gasteiger charge is -2.27. The molecule has 1 fully saturated rings. The standard InChI is InChI=1S/C11H17NO5S/c1-8-11(2,5-6-16-8)12-18(14,15)10-4-3-9(7-13)17-10/h3-4,8,12-13H,5-7H2,1-2H3. The van der Waals surface area contributed by atoms with Gasteiger partial charge in [-0.05, 0) is 32.4 Å². The van der Waals surface area contributed by atoms with Crippen molar-refractivity contribution in [3.05, 3.63) is 17.9 Å². The highest BCUT2D eigenvalue weighted by atomic mass is 32.2. The van der Waals surface area contributed by atoms with E-state index in [2.05, 4.69) is 4.72 Å². The van der Waals surface area contributed by atoms with Gasteiger partial charge in [-0.3, -0.25) is 0 Å². The van der Waals surface area contributed by atoms with E-state index in [-0.39, 0.29) is 23.6 Å². The number of aliphatic hydroxyl groups excluding tert-OH is 1. The van der Waals surface area contributed by atoms with E-state index in [0.717, 1.165) is 0 Å². The highest BCUT2D eigenvalue weighted by Crippen LogP contribution is 2.27. The number of furan rings is 1. The molecule has 0 saturated carbocycles. The number of rotatable bonds is 4. The van der Waals surface area contributed by atoms with Crippen molar-refractivity contribution in [3.63, 3.8) is 0 Å². The summed E-state index contributed by atoms with van der Waals surface area (Å²) >= 11 is 0. The third-order valence-electron chi connectivity index (χ3n) is 3.31. The van der Waals surface area contributed by atoms with Crippen LogP contribution in [-0.4, -0.2) is 31.8 Å². The summed E-state index contributed by atoms with van der Waals surface area (Å²) in [5.74, 6) is 0.219. The van der Waals surface area contributed by atoms with Gasteiger partial charge in [0.25, 0.3) is 10.0 Å². The van der Waals surface area contributed by atoms with Crippen LogP contribution in [0.2, 0.25) is 0 Å². The molecule has 0 spiro atoms. The van der Waals surface area contributed by atoms with E-state index in [1.54, 1.807) is 6.92 Å². The summed E-state index contributed by atoms with van der Waals surface area (Å²) < 4.78 is 37.3. The SMILES string of the molecule is CC1OCCC1(C)NS(=O)(=O)c1ccc(CO)o1. The molecule has 2 heterocycles. The highest BCUT2D eigenvalue weighted by molar-refractivity contribution is 7.89. The first kappa shape index (κ1) is 13.5. The molecular weight excluding hydrogens is 258 g/mol. The van der Waals surface area contributed by atoms with Gasteiger partial charge >= 0.3 is 0 Å². The van der Waals surface area contributed by atoms with E-state index in [1.807, 2.05) is 6.92 Å². The Hall–Kier alpha value is -0.890. The van der Waals surface area contributed by atoms with E-state index >= 15 is 0 Å². The summed E-state index contributed by atoms with van der Waals surface area (Å²) in [7, 11) is -3.73. The number of hydrogen-bond acceptors (Lipinski definition) is 5. The van der Waals surface area contributed by atoms with E-state index in [1.165, 1.54) is 12.1 Å². The van der Waals surface area contributed by atoms with Gasteiger partial charge in [0, 0.05) is 6.61 Å². The van der Waals surface area contributed by atoms with Gasteiger partial charge in [0.15, 0.2) is 0 Å². The first-order chi connectivity index (χ1) is 8.37. The van der Waals surface area contributed by atoms with Gasteiger partial charge in [0.1, 0.15) is 12.4 Å². The van der Waals surface area contributed by atoms with Crippen LogP contribution < -0.4 is 4.72 Å². The fraction of sp³-hybridized carbons (Fsp3) is 0.636. The maximum absolute atomic E-state index is 12.1. The third-order valence-corrected chi connectivity index (χ3v) is 4.80. The Morgan fingerprint density at radius 3 is 2.78 bits per heavy atom. The zero-order valence-corrected chi connectivity index (χ0v) is 11.2. The van der Waals surface area contributed by atoms with E-state index < -0.39 is 15.6 Å². The summed E-state index contributed by atoms with van der Waals surface area (Å²) in [6.07, 6.45) is 0.417. The van der Waals surface area contributed by atoms with Crippen LogP contribution in [0.5, 0.6) is 0 Å². The molecule has 2 N–H and O–H groups in total. The average Bonchev–Trinajstić information content (AvgIpc) is 2.87. The summed E-state index contributed by atoms with van der Waals surface area (Å²) in [5, 5.41) is 8.68. The lowest BCUT2D eigenvalue weighted by Crippen LogP contribution is -2.50. The number of aliphatic hydroxyl groups is 1. The average molecular weight is 275 g/mol. The molecule has 2 rings (SSSR count). The molecule has 2 atom stereocenters. The second-order valence-electron chi connectivity index (χ2n) is 4.66. The van der Waals surface area contributed by atoms with E-state index in [9.17, 15) is 8.42 Å². The van der Waals surface area contributed by atoms with Gasteiger partial charge in [0.2, 0.25) is 5.09 Å². The van der Waals surface area contributed by atoms with Gasteiger partial charge < -0.3 is 14.3 Å². The minimum atomic E-state index is -3.73. The number of hydrogen-bond donors (Lipinski definition) is 2. The van der Waals surface area contributed by atoms with Crippen LogP contribution >= 0.6 is 0 Å². The van der Waals surface area contributed by atoms with Crippen LogP contribution in [-0.2, 0) is 21.4 Å². The second-order valence-corrected chi connectivity index (χ2v) is 6.28. The third kappa shape index (κ3) is 2.44. The Bertz CT molecular complexity index is 523. The lowest BCUT2D eigenvalue weighted by atomic mass is 9.97. The van der Waals surface area contributed by atoms with Crippen LogP contribution in [0, 0.1) is 0 Å². The van der Waals surface area contributed by atoms with Crippen molar-refractivity contribution >= 4 is 10.0 Å². The number of ether oxygens (including phenoxy) is 1. The molecule has 1 aliphatic rings.